The van der Waals surface area contributed by atoms with Crippen molar-refractivity contribution in [2.45, 2.75) is 44.8 Å². The summed E-state index contributed by atoms with van der Waals surface area (Å²) in [5, 5.41) is 4.48. The molecule has 1 heterocycles. The van der Waals surface area contributed by atoms with Crippen molar-refractivity contribution < 1.29 is 4.79 Å². The third kappa shape index (κ3) is 4.95. The van der Waals surface area contributed by atoms with E-state index in [-0.39, 0.29) is 11.9 Å². The number of hydrogen-bond acceptors (Lipinski definition) is 4. The Hall–Kier alpha value is -1.59. The number of amides is 1. The van der Waals surface area contributed by atoms with E-state index in [0.29, 0.717) is 17.9 Å². The average molecular weight is 364 g/mol. The summed E-state index contributed by atoms with van der Waals surface area (Å²) in [7, 11) is 0. The minimum Gasteiger partial charge on any atom is -0.350 e. The lowest BCUT2D eigenvalue weighted by Crippen LogP contribution is -2.27. The highest BCUT2D eigenvalue weighted by atomic mass is 35.5. The molecule has 0 saturated heterocycles. The van der Waals surface area contributed by atoms with E-state index in [1.54, 1.807) is 0 Å². The standard InChI is InChI=1S/C18H22ClN3OS/c1-11(14-5-7-15(19)8-6-14)20-17(23)10-9-16-12(2)21-18(24-4)22-13(16)3/h5-8,11H,9-10H2,1-4H3,(H,20,23)/t11-/m0/s1. The Bertz CT molecular complexity index is 696. The van der Waals surface area contributed by atoms with Gasteiger partial charge in [0.2, 0.25) is 5.91 Å². The van der Waals surface area contributed by atoms with Crippen LogP contribution in [0.4, 0.5) is 0 Å². The molecule has 0 bridgehead atoms. The minimum absolute atomic E-state index is 0.0187. The van der Waals surface area contributed by atoms with Crippen molar-refractivity contribution >= 4 is 29.3 Å². The number of rotatable bonds is 6. The van der Waals surface area contributed by atoms with Crippen LogP contribution in [0.3, 0.4) is 0 Å². The summed E-state index contributed by atoms with van der Waals surface area (Å²) in [5.74, 6) is 0.0187. The highest BCUT2D eigenvalue weighted by Gasteiger charge is 2.13. The molecule has 0 spiro atoms. The number of aromatic nitrogens is 2. The molecule has 0 unspecified atom stereocenters. The van der Waals surface area contributed by atoms with E-state index in [4.69, 9.17) is 11.6 Å². The third-order valence-electron chi connectivity index (χ3n) is 3.93. The Morgan fingerprint density at radius 1 is 1.21 bits per heavy atom. The van der Waals surface area contributed by atoms with E-state index in [0.717, 1.165) is 27.7 Å². The smallest absolute Gasteiger partial charge is 0.220 e. The lowest BCUT2D eigenvalue weighted by molar-refractivity contribution is -0.121. The maximum Gasteiger partial charge on any atom is 0.220 e. The van der Waals surface area contributed by atoms with Gasteiger partial charge in [-0.1, -0.05) is 35.5 Å². The van der Waals surface area contributed by atoms with E-state index in [9.17, 15) is 4.79 Å². The monoisotopic (exact) mass is 363 g/mol. The number of halogens is 1. The van der Waals surface area contributed by atoms with Gasteiger partial charge in [0.25, 0.3) is 0 Å². The first-order valence-corrected chi connectivity index (χ1v) is 9.44. The number of aryl methyl sites for hydroxylation is 2. The minimum atomic E-state index is -0.0490. The molecule has 1 aromatic carbocycles. The van der Waals surface area contributed by atoms with Crippen LogP contribution in [0.5, 0.6) is 0 Å². The molecule has 1 aromatic heterocycles. The topological polar surface area (TPSA) is 54.9 Å². The van der Waals surface area contributed by atoms with E-state index < -0.39 is 0 Å². The third-order valence-corrected chi connectivity index (χ3v) is 4.73. The largest absolute Gasteiger partial charge is 0.350 e. The van der Waals surface area contributed by atoms with Gasteiger partial charge in [-0.2, -0.15) is 0 Å². The summed E-state index contributed by atoms with van der Waals surface area (Å²) >= 11 is 7.42. The SMILES string of the molecule is CSc1nc(C)c(CCC(=O)N[C@@H](C)c2ccc(Cl)cc2)c(C)n1. The molecule has 0 fully saturated rings. The molecule has 2 aromatic rings. The van der Waals surface area contributed by atoms with Crippen molar-refractivity contribution in [3.8, 4) is 0 Å². The van der Waals surface area contributed by atoms with E-state index >= 15 is 0 Å². The molecule has 2 rings (SSSR count). The lowest BCUT2D eigenvalue weighted by Gasteiger charge is -2.15. The number of thioether (sulfide) groups is 1. The van der Waals surface area contributed by atoms with Crippen LogP contribution >= 0.6 is 23.4 Å². The summed E-state index contributed by atoms with van der Waals surface area (Å²) in [4.78, 5) is 21.1. The number of carbonyl (C=O) groups excluding carboxylic acids is 1. The highest BCUT2D eigenvalue weighted by Crippen LogP contribution is 2.18. The summed E-state index contributed by atoms with van der Waals surface area (Å²) in [5.41, 5.74) is 3.99. The van der Waals surface area contributed by atoms with Crippen LogP contribution < -0.4 is 5.32 Å². The first-order valence-electron chi connectivity index (χ1n) is 7.83. The molecule has 0 saturated carbocycles. The molecule has 0 aliphatic carbocycles. The molecule has 1 amide bonds. The van der Waals surface area contributed by atoms with Crippen LogP contribution in [0.1, 0.15) is 41.9 Å². The van der Waals surface area contributed by atoms with Gasteiger partial charge in [-0.3, -0.25) is 4.79 Å². The number of hydrogen-bond donors (Lipinski definition) is 1. The van der Waals surface area contributed by atoms with Gasteiger partial charge in [0, 0.05) is 22.8 Å². The van der Waals surface area contributed by atoms with Crippen LogP contribution in [0.15, 0.2) is 29.4 Å². The summed E-state index contributed by atoms with van der Waals surface area (Å²) < 4.78 is 0. The second kappa shape index (κ2) is 8.49. The first-order chi connectivity index (χ1) is 11.4. The van der Waals surface area contributed by atoms with Gasteiger partial charge >= 0.3 is 0 Å². The van der Waals surface area contributed by atoms with Crippen LogP contribution in [0.25, 0.3) is 0 Å². The molecule has 6 heteroatoms. The van der Waals surface area contributed by atoms with Crippen LogP contribution in [-0.4, -0.2) is 22.1 Å². The fourth-order valence-corrected chi connectivity index (χ4v) is 3.13. The number of benzene rings is 1. The second-order valence-electron chi connectivity index (χ2n) is 5.70. The average Bonchev–Trinajstić information content (AvgIpc) is 2.54. The fraction of sp³-hybridized carbons (Fsp3) is 0.389. The molecule has 0 radical (unpaired) electrons. The van der Waals surface area contributed by atoms with Gasteiger partial charge in [-0.25, -0.2) is 9.97 Å². The van der Waals surface area contributed by atoms with E-state index in [1.807, 2.05) is 51.3 Å². The Labute approximate surface area is 152 Å². The second-order valence-corrected chi connectivity index (χ2v) is 6.91. The zero-order valence-electron chi connectivity index (χ0n) is 14.4. The van der Waals surface area contributed by atoms with Gasteiger partial charge in [-0.05, 0) is 56.7 Å². The predicted octanol–water partition coefficient (Wildman–Crippen LogP) is 4.28. The molecular formula is C18H22ClN3OS. The Kier molecular flexibility index (Phi) is 6.63. The molecule has 1 N–H and O–H groups in total. The molecule has 4 nitrogen and oxygen atoms in total. The number of nitrogens with zero attached hydrogens (tertiary/aromatic N) is 2. The molecule has 0 aliphatic rings. The molecule has 128 valence electrons. The van der Waals surface area contributed by atoms with Crippen molar-refractivity contribution in [1.82, 2.24) is 15.3 Å². The van der Waals surface area contributed by atoms with Crippen LogP contribution in [0, 0.1) is 13.8 Å². The molecule has 1 atom stereocenters. The maximum absolute atomic E-state index is 12.2. The van der Waals surface area contributed by atoms with Crippen LogP contribution in [0.2, 0.25) is 5.02 Å². The quantitative estimate of drug-likeness (QED) is 0.614. The van der Waals surface area contributed by atoms with Gasteiger partial charge in [0.15, 0.2) is 5.16 Å². The number of carbonyl (C=O) groups is 1. The fourth-order valence-electron chi connectivity index (χ4n) is 2.55. The van der Waals surface area contributed by atoms with Crippen molar-refractivity contribution in [3.63, 3.8) is 0 Å². The van der Waals surface area contributed by atoms with Crippen molar-refractivity contribution in [3.05, 3.63) is 51.8 Å². The van der Waals surface area contributed by atoms with E-state index in [2.05, 4.69) is 15.3 Å². The zero-order valence-corrected chi connectivity index (χ0v) is 16.0. The lowest BCUT2D eigenvalue weighted by atomic mass is 10.1. The molecule has 24 heavy (non-hydrogen) atoms. The number of nitrogens with one attached hydrogen (secondary N) is 1. The highest BCUT2D eigenvalue weighted by molar-refractivity contribution is 7.98. The van der Waals surface area contributed by atoms with Gasteiger partial charge in [0.1, 0.15) is 0 Å². The predicted molar refractivity (Wildman–Crippen MR) is 99.6 cm³/mol. The Balaban J connectivity index is 1.95. The molecule has 0 aliphatic heterocycles. The van der Waals surface area contributed by atoms with Crippen LogP contribution in [-0.2, 0) is 11.2 Å². The van der Waals surface area contributed by atoms with Gasteiger partial charge < -0.3 is 5.32 Å². The summed E-state index contributed by atoms with van der Waals surface area (Å²) in [6.07, 6.45) is 3.02. The van der Waals surface area contributed by atoms with Gasteiger partial charge in [0.05, 0.1) is 6.04 Å². The van der Waals surface area contributed by atoms with Crippen molar-refractivity contribution in [1.29, 1.82) is 0 Å². The van der Waals surface area contributed by atoms with Crippen molar-refractivity contribution in [2.24, 2.45) is 0 Å². The summed E-state index contributed by atoms with van der Waals surface area (Å²) in [6, 6.07) is 7.47. The van der Waals surface area contributed by atoms with Crippen molar-refractivity contribution in [2.75, 3.05) is 6.26 Å². The maximum atomic E-state index is 12.2. The Morgan fingerprint density at radius 3 is 2.33 bits per heavy atom. The normalized spacial score (nSPS) is 12.0. The van der Waals surface area contributed by atoms with E-state index in [1.165, 1.54) is 11.8 Å². The first kappa shape index (κ1) is 18.7. The Morgan fingerprint density at radius 2 is 1.79 bits per heavy atom. The summed E-state index contributed by atoms with van der Waals surface area (Å²) in [6.45, 7) is 5.91. The zero-order chi connectivity index (χ0) is 17.7. The molecular weight excluding hydrogens is 342 g/mol. The van der Waals surface area contributed by atoms with Gasteiger partial charge in [-0.15, -0.1) is 0 Å².